The average molecular weight is 345 g/mol. The van der Waals surface area contributed by atoms with Crippen LogP contribution in [0.1, 0.15) is 44.0 Å². The summed E-state index contributed by atoms with van der Waals surface area (Å²) in [6, 6.07) is 8.64. The van der Waals surface area contributed by atoms with Gasteiger partial charge >= 0.3 is 0 Å². The summed E-state index contributed by atoms with van der Waals surface area (Å²) in [6.45, 7) is 10.7. The third-order valence-corrected chi connectivity index (χ3v) is 5.03. The van der Waals surface area contributed by atoms with Crippen molar-refractivity contribution in [1.82, 2.24) is 15.1 Å². The van der Waals surface area contributed by atoms with Crippen molar-refractivity contribution in [3.05, 3.63) is 35.9 Å². The first-order valence-electron chi connectivity index (χ1n) is 9.43. The lowest BCUT2D eigenvalue weighted by Crippen LogP contribution is -2.56. The van der Waals surface area contributed by atoms with Gasteiger partial charge in [0.1, 0.15) is 6.04 Å². The van der Waals surface area contributed by atoms with E-state index in [0.29, 0.717) is 5.56 Å². The molecule has 0 radical (unpaired) electrons. The minimum absolute atomic E-state index is 0.0507. The molecule has 1 aromatic carbocycles. The molecule has 1 saturated heterocycles. The molecule has 2 rings (SSSR count). The summed E-state index contributed by atoms with van der Waals surface area (Å²) in [5, 5.41) is 2.97. The zero-order chi connectivity index (χ0) is 18.2. The third-order valence-electron chi connectivity index (χ3n) is 5.03. The Morgan fingerprint density at radius 3 is 2.28 bits per heavy atom. The lowest BCUT2D eigenvalue weighted by Gasteiger charge is -2.37. The number of rotatable bonds is 7. The number of hydrogen-bond acceptors (Lipinski definition) is 3. The molecule has 1 aliphatic heterocycles. The molecule has 138 valence electrons. The highest BCUT2D eigenvalue weighted by Gasteiger charge is 2.31. The largest absolute Gasteiger partial charge is 0.340 e. The maximum absolute atomic E-state index is 13.0. The predicted molar refractivity (Wildman–Crippen MR) is 100 cm³/mol. The van der Waals surface area contributed by atoms with Crippen LogP contribution in [0.25, 0.3) is 0 Å². The van der Waals surface area contributed by atoms with Crippen LogP contribution in [0.5, 0.6) is 0 Å². The Balaban J connectivity index is 2.02. The molecule has 0 saturated carbocycles. The van der Waals surface area contributed by atoms with E-state index < -0.39 is 6.04 Å². The van der Waals surface area contributed by atoms with E-state index in [9.17, 15) is 9.59 Å². The van der Waals surface area contributed by atoms with Crippen molar-refractivity contribution in [3.63, 3.8) is 0 Å². The molecule has 0 bridgehead atoms. The van der Waals surface area contributed by atoms with Crippen LogP contribution in [0.15, 0.2) is 30.3 Å². The van der Waals surface area contributed by atoms with Gasteiger partial charge in [-0.2, -0.15) is 0 Å². The molecule has 1 aliphatic rings. The van der Waals surface area contributed by atoms with Crippen molar-refractivity contribution in [2.24, 2.45) is 5.92 Å². The van der Waals surface area contributed by atoms with Crippen molar-refractivity contribution in [3.8, 4) is 0 Å². The molecule has 2 amide bonds. The first-order valence-corrected chi connectivity index (χ1v) is 9.43. The van der Waals surface area contributed by atoms with Gasteiger partial charge in [-0.25, -0.2) is 0 Å². The first-order chi connectivity index (χ1) is 12.1. The fourth-order valence-corrected chi connectivity index (χ4v) is 3.20. The molecule has 0 spiro atoms. The number of nitrogens with zero attached hydrogens (tertiary/aromatic N) is 2. The van der Waals surface area contributed by atoms with E-state index in [-0.39, 0.29) is 17.7 Å². The van der Waals surface area contributed by atoms with Gasteiger partial charge in [-0.05, 0) is 31.0 Å². The Labute approximate surface area is 151 Å². The summed E-state index contributed by atoms with van der Waals surface area (Å²) in [7, 11) is 0. The van der Waals surface area contributed by atoms with Crippen molar-refractivity contribution >= 4 is 11.8 Å². The van der Waals surface area contributed by atoms with Crippen molar-refractivity contribution < 1.29 is 9.59 Å². The van der Waals surface area contributed by atoms with Crippen molar-refractivity contribution in [2.75, 3.05) is 32.7 Å². The smallest absolute Gasteiger partial charge is 0.251 e. The van der Waals surface area contributed by atoms with E-state index in [2.05, 4.69) is 24.1 Å². The summed E-state index contributed by atoms with van der Waals surface area (Å²) < 4.78 is 0. The molecule has 1 heterocycles. The van der Waals surface area contributed by atoms with Gasteiger partial charge in [-0.15, -0.1) is 0 Å². The summed E-state index contributed by atoms with van der Waals surface area (Å²) >= 11 is 0. The highest BCUT2D eigenvalue weighted by atomic mass is 16.2. The van der Waals surface area contributed by atoms with Crippen molar-refractivity contribution in [2.45, 2.75) is 39.7 Å². The molecule has 1 aromatic rings. The van der Waals surface area contributed by atoms with Crippen LogP contribution < -0.4 is 5.32 Å². The topological polar surface area (TPSA) is 52.6 Å². The van der Waals surface area contributed by atoms with E-state index in [1.54, 1.807) is 12.1 Å². The second-order valence-electron chi connectivity index (χ2n) is 6.87. The molecular formula is C20H31N3O2. The first kappa shape index (κ1) is 19.4. The molecule has 1 fully saturated rings. The minimum atomic E-state index is -0.463. The number of amides is 2. The fraction of sp³-hybridized carbons (Fsp3) is 0.600. The number of carbonyl (C=O) groups is 2. The third kappa shape index (κ3) is 5.30. The van der Waals surface area contributed by atoms with Crippen LogP contribution >= 0.6 is 0 Å². The molecule has 0 aromatic heterocycles. The van der Waals surface area contributed by atoms with E-state index >= 15 is 0 Å². The molecule has 5 nitrogen and oxygen atoms in total. The van der Waals surface area contributed by atoms with E-state index in [1.165, 1.54) is 0 Å². The summed E-state index contributed by atoms with van der Waals surface area (Å²) in [5.41, 5.74) is 0.594. The van der Waals surface area contributed by atoms with Gasteiger partial charge in [0.05, 0.1) is 0 Å². The Hall–Kier alpha value is -1.88. The van der Waals surface area contributed by atoms with Gasteiger partial charge < -0.3 is 10.2 Å². The second kappa shape index (κ2) is 9.56. The molecule has 1 N–H and O–H groups in total. The van der Waals surface area contributed by atoms with Gasteiger partial charge in [-0.3, -0.25) is 14.5 Å². The van der Waals surface area contributed by atoms with Gasteiger partial charge in [0.15, 0.2) is 0 Å². The SMILES string of the molecule is CCCN1CCN(C(=O)C(NC(=O)c2ccccc2)C(C)CC)CC1. The van der Waals surface area contributed by atoms with E-state index in [0.717, 1.165) is 45.6 Å². The van der Waals surface area contributed by atoms with Crippen LogP contribution in [-0.2, 0) is 4.79 Å². The molecule has 5 heteroatoms. The van der Waals surface area contributed by atoms with Crippen LogP contribution in [0.2, 0.25) is 0 Å². The fourth-order valence-electron chi connectivity index (χ4n) is 3.20. The zero-order valence-corrected chi connectivity index (χ0v) is 15.7. The van der Waals surface area contributed by atoms with E-state index in [4.69, 9.17) is 0 Å². The number of hydrogen-bond donors (Lipinski definition) is 1. The average Bonchev–Trinajstić information content (AvgIpc) is 2.66. The number of carbonyl (C=O) groups excluding carboxylic acids is 2. The number of benzene rings is 1. The zero-order valence-electron chi connectivity index (χ0n) is 15.7. The lowest BCUT2D eigenvalue weighted by molar-refractivity contribution is -0.136. The Kier molecular flexibility index (Phi) is 7.44. The highest BCUT2D eigenvalue weighted by molar-refractivity contribution is 5.97. The number of nitrogens with one attached hydrogen (secondary N) is 1. The molecule has 2 unspecified atom stereocenters. The normalized spacial score (nSPS) is 17.8. The van der Waals surface area contributed by atoms with Crippen LogP contribution in [0, 0.1) is 5.92 Å². The van der Waals surface area contributed by atoms with Crippen LogP contribution in [-0.4, -0.2) is 60.4 Å². The standard InChI is InChI=1S/C20H31N3O2/c1-4-11-22-12-14-23(15-13-22)20(25)18(16(3)5-2)21-19(24)17-9-7-6-8-10-17/h6-10,16,18H,4-5,11-15H2,1-3H3,(H,21,24). The Morgan fingerprint density at radius 2 is 1.72 bits per heavy atom. The van der Waals surface area contributed by atoms with Gasteiger partial charge in [0, 0.05) is 31.7 Å². The summed E-state index contributed by atoms with van der Waals surface area (Å²) in [5.74, 6) is -0.0208. The van der Waals surface area contributed by atoms with E-state index in [1.807, 2.05) is 30.0 Å². The molecule has 2 atom stereocenters. The minimum Gasteiger partial charge on any atom is -0.340 e. The maximum Gasteiger partial charge on any atom is 0.251 e. The van der Waals surface area contributed by atoms with Gasteiger partial charge in [0.25, 0.3) is 5.91 Å². The summed E-state index contributed by atoms with van der Waals surface area (Å²) in [4.78, 5) is 29.8. The highest BCUT2D eigenvalue weighted by Crippen LogP contribution is 2.14. The maximum atomic E-state index is 13.0. The Bertz CT molecular complexity index is 553. The second-order valence-corrected chi connectivity index (χ2v) is 6.87. The lowest BCUT2D eigenvalue weighted by atomic mass is 9.97. The quantitative estimate of drug-likeness (QED) is 0.825. The molecule has 0 aliphatic carbocycles. The van der Waals surface area contributed by atoms with Gasteiger partial charge in [0.2, 0.25) is 5.91 Å². The Morgan fingerprint density at radius 1 is 1.08 bits per heavy atom. The molecular weight excluding hydrogens is 314 g/mol. The molecule has 25 heavy (non-hydrogen) atoms. The van der Waals surface area contributed by atoms with Crippen LogP contribution in [0.4, 0.5) is 0 Å². The monoisotopic (exact) mass is 345 g/mol. The van der Waals surface area contributed by atoms with Crippen molar-refractivity contribution in [1.29, 1.82) is 0 Å². The summed E-state index contributed by atoms with van der Waals surface area (Å²) in [6.07, 6.45) is 1.98. The van der Waals surface area contributed by atoms with Crippen LogP contribution in [0.3, 0.4) is 0 Å². The van der Waals surface area contributed by atoms with Gasteiger partial charge in [-0.1, -0.05) is 45.4 Å². The predicted octanol–water partition coefficient (Wildman–Crippen LogP) is 2.39. The number of piperazine rings is 1.